The minimum Gasteiger partial charge on any atom is -0.447 e. The molecule has 1 aromatic rings. The smallest absolute Gasteiger partial charge is 0.416 e. The third-order valence-electron chi connectivity index (χ3n) is 3.60. The Balaban J connectivity index is 2.13. The average Bonchev–Trinajstić information content (AvgIpc) is 2.86. The molecule has 112 valence electrons. The van der Waals surface area contributed by atoms with Crippen LogP contribution in [0, 0.1) is 5.92 Å². The Hall–Kier alpha value is -2.17. The first-order valence-corrected chi connectivity index (χ1v) is 6.85. The summed E-state index contributed by atoms with van der Waals surface area (Å²) < 4.78 is 18.5. The number of imide groups is 1. The van der Waals surface area contributed by atoms with Crippen molar-refractivity contribution in [2.24, 2.45) is 5.92 Å². The van der Waals surface area contributed by atoms with Crippen molar-refractivity contribution in [2.45, 2.75) is 25.6 Å². The third-order valence-corrected chi connectivity index (χ3v) is 3.60. The van der Waals surface area contributed by atoms with Crippen LogP contribution in [0.5, 0.6) is 0 Å². The van der Waals surface area contributed by atoms with E-state index in [4.69, 9.17) is 4.74 Å². The van der Waals surface area contributed by atoms with E-state index in [-0.39, 0.29) is 6.61 Å². The van der Waals surface area contributed by atoms with Gasteiger partial charge in [0.05, 0.1) is 12.0 Å². The monoisotopic (exact) mass is 291 g/mol. The minimum atomic E-state index is -1.48. The highest BCUT2D eigenvalue weighted by molar-refractivity contribution is 5.95. The van der Waals surface area contributed by atoms with Crippen molar-refractivity contribution in [1.29, 1.82) is 0 Å². The van der Waals surface area contributed by atoms with Crippen LogP contribution in [0.4, 0.5) is 9.18 Å². The SMILES string of the molecule is C=C[C@@H](F)[C@@H](C)C(=O)N1C(=O)OC[C@H]1Cc1ccccc1. The quantitative estimate of drug-likeness (QED) is 0.784. The van der Waals surface area contributed by atoms with Crippen LogP contribution in [0.25, 0.3) is 0 Å². The molecule has 0 aromatic heterocycles. The van der Waals surface area contributed by atoms with Crippen LogP contribution >= 0.6 is 0 Å². The van der Waals surface area contributed by atoms with Gasteiger partial charge in [0.15, 0.2) is 0 Å². The van der Waals surface area contributed by atoms with Gasteiger partial charge in [-0.3, -0.25) is 4.79 Å². The molecule has 0 radical (unpaired) electrons. The Kier molecular flexibility index (Phi) is 4.73. The summed E-state index contributed by atoms with van der Waals surface area (Å²) in [5.41, 5.74) is 0.992. The molecular weight excluding hydrogens is 273 g/mol. The second-order valence-corrected chi connectivity index (χ2v) is 5.10. The minimum absolute atomic E-state index is 0.136. The summed E-state index contributed by atoms with van der Waals surface area (Å²) in [6, 6.07) is 9.09. The summed E-state index contributed by atoms with van der Waals surface area (Å²) in [6.45, 7) is 4.92. The lowest BCUT2D eigenvalue weighted by Gasteiger charge is -2.23. The highest BCUT2D eigenvalue weighted by Gasteiger charge is 2.41. The molecule has 0 bridgehead atoms. The summed E-state index contributed by atoms with van der Waals surface area (Å²) in [5.74, 6) is -1.52. The van der Waals surface area contributed by atoms with Crippen LogP contribution in [-0.2, 0) is 16.0 Å². The molecule has 1 aliphatic heterocycles. The van der Waals surface area contributed by atoms with Crippen molar-refractivity contribution in [3.63, 3.8) is 0 Å². The van der Waals surface area contributed by atoms with E-state index in [9.17, 15) is 14.0 Å². The Morgan fingerprint density at radius 1 is 1.52 bits per heavy atom. The fraction of sp³-hybridized carbons (Fsp3) is 0.375. The van der Waals surface area contributed by atoms with Gasteiger partial charge in [0.2, 0.25) is 5.91 Å². The van der Waals surface area contributed by atoms with Crippen LogP contribution in [0.1, 0.15) is 12.5 Å². The molecule has 1 fully saturated rings. The van der Waals surface area contributed by atoms with Gasteiger partial charge in [-0.25, -0.2) is 14.1 Å². The first-order valence-electron chi connectivity index (χ1n) is 6.85. The number of nitrogens with zero attached hydrogens (tertiary/aromatic N) is 1. The molecule has 21 heavy (non-hydrogen) atoms. The summed E-state index contributed by atoms with van der Waals surface area (Å²) in [5, 5.41) is 0. The lowest BCUT2D eigenvalue weighted by Crippen LogP contribution is -2.44. The molecule has 0 saturated carbocycles. The van der Waals surface area contributed by atoms with Crippen LogP contribution in [0.2, 0.25) is 0 Å². The zero-order chi connectivity index (χ0) is 15.4. The maximum atomic E-state index is 13.6. The molecule has 1 aliphatic rings. The Bertz CT molecular complexity index is 532. The van der Waals surface area contributed by atoms with Gasteiger partial charge in [0, 0.05) is 0 Å². The highest BCUT2D eigenvalue weighted by Crippen LogP contribution is 2.22. The maximum Gasteiger partial charge on any atom is 0.416 e. The number of amides is 2. The molecular formula is C16H18FNO3. The molecule has 0 N–H and O–H groups in total. The van der Waals surface area contributed by atoms with Gasteiger partial charge in [-0.05, 0) is 12.0 Å². The predicted octanol–water partition coefficient (Wildman–Crippen LogP) is 2.74. The second kappa shape index (κ2) is 6.52. The van der Waals surface area contributed by atoms with Gasteiger partial charge in [-0.1, -0.05) is 43.3 Å². The fourth-order valence-corrected chi connectivity index (χ4v) is 2.33. The van der Waals surface area contributed by atoms with E-state index in [2.05, 4.69) is 6.58 Å². The maximum absolute atomic E-state index is 13.6. The zero-order valence-corrected chi connectivity index (χ0v) is 11.9. The lowest BCUT2D eigenvalue weighted by molar-refractivity contribution is -0.134. The van der Waals surface area contributed by atoms with Crippen molar-refractivity contribution in [3.05, 3.63) is 48.6 Å². The van der Waals surface area contributed by atoms with Crippen LogP contribution in [-0.4, -0.2) is 35.7 Å². The molecule has 0 aliphatic carbocycles. The Morgan fingerprint density at radius 3 is 2.81 bits per heavy atom. The molecule has 5 heteroatoms. The number of cyclic esters (lactones) is 1. The van der Waals surface area contributed by atoms with E-state index in [1.807, 2.05) is 30.3 Å². The first-order chi connectivity index (χ1) is 10.0. The highest BCUT2D eigenvalue weighted by atomic mass is 19.1. The van der Waals surface area contributed by atoms with Gasteiger partial charge in [-0.2, -0.15) is 0 Å². The van der Waals surface area contributed by atoms with Gasteiger partial charge >= 0.3 is 6.09 Å². The number of hydrogen-bond acceptors (Lipinski definition) is 3. The number of carbonyl (C=O) groups excluding carboxylic acids is 2. The number of rotatable bonds is 5. The third kappa shape index (κ3) is 3.29. The second-order valence-electron chi connectivity index (χ2n) is 5.10. The van der Waals surface area contributed by atoms with E-state index >= 15 is 0 Å². The number of ether oxygens (including phenoxy) is 1. The molecule has 0 spiro atoms. The summed E-state index contributed by atoms with van der Waals surface area (Å²) >= 11 is 0. The number of alkyl halides is 1. The van der Waals surface area contributed by atoms with Gasteiger partial charge in [-0.15, -0.1) is 6.58 Å². The number of carbonyl (C=O) groups is 2. The average molecular weight is 291 g/mol. The first kappa shape index (κ1) is 15.2. The van der Waals surface area contributed by atoms with Gasteiger partial charge < -0.3 is 4.74 Å². The molecule has 1 heterocycles. The standard InChI is InChI=1S/C16H18FNO3/c1-3-14(17)11(2)15(19)18-13(10-21-16(18)20)9-12-7-5-4-6-8-12/h3-8,11,13-14H,1,9-10H2,2H3/t11-,13-,14-/m1/s1. The van der Waals surface area contributed by atoms with Crippen LogP contribution in [0.3, 0.4) is 0 Å². The van der Waals surface area contributed by atoms with Crippen LogP contribution < -0.4 is 0 Å². The number of hydrogen-bond donors (Lipinski definition) is 0. The van der Waals surface area contributed by atoms with Gasteiger partial charge in [0.1, 0.15) is 12.8 Å². The zero-order valence-electron chi connectivity index (χ0n) is 11.9. The number of benzene rings is 1. The van der Waals surface area contributed by atoms with Crippen molar-refractivity contribution in [2.75, 3.05) is 6.61 Å². The molecule has 2 rings (SSSR count). The van der Waals surface area contributed by atoms with E-state index < -0.39 is 30.1 Å². The molecule has 1 saturated heterocycles. The Morgan fingerprint density at radius 2 is 2.19 bits per heavy atom. The van der Waals surface area contributed by atoms with E-state index in [0.29, 0.717) is 6.42 Å². The van der Waals surface area contributed by atoms with Crippen LogP contribution in [0.15, 0.2) is 43.0 Å². The fourth-order valence-electron chi connectivity index (χ4n) is 2.33. The normalized spacial score (nSPS) is 20.8. The lowest BCUT2D eigenvalue weighted by atomic mass is 10.0. The topological polar surface area (TPSA) is 46.6 Å². The van der Waals surface area contributed by atoms with E-state index in [1.54, 1.807) is 0 Å². The van der Waals surface area contributed by atoms with Crippen molar-refractivity contribution in [1.82, 2.24) is 4.90 Å². The number of allylic oxidation sites excluding steroid dienone is 1. The predicted molar refractivity (Wildman–Crippen MR) is 76.4 cm³/mol. The van der Waals surface area contributed by atoms with Crippen molar-refractivity contribution < 1.29 is 18.7 Å². The summed E-state index contributed by atoms with van der Waals surface area (Å²) in [7, 11) is 0. The van der Waals surface area contributed by atoms with Crippen molar-refractivity contribution in [3.8, 4) is 0 Å². The molecule has 2 amide bonds. The summed E-state index contributed by atoms with van der Waals surface area (Å²) in [6.07, 6.45) is -0.626. The molecule has 4 nitrogen and oxygen atoms in total. The molecule has 0 unspecified atom stereocenters. The molecule has 1 aromatic carbocycles. The molecule has 3 atom stereocenters. The van der Waals surface area contributed by atoms with Crippen molar-refractivity contribution >= 4 is 12.0 Å². The summed E-state index contributed by atoms with van der Waals surface area (Å²) in [4.78, 5) is 25.1. The Labute approximate surface area is 123 Å². The number of halogens is 1. The van der Waals surface area contributed by atoms with E-state index in [1.165, 1.54) is 6.92 Å². The van der Waals surface area contributed by atoms with E-state index in [0.717, 1.165) is 16.5 Å². The largest absolute Gasteiger partial charge is 0.447 e. The van der Waals surface area contributed by atoms with Gasteiger partial charge in [0.25, 0.3) is 0 Å².